The van der Waals surface area contributed by atoms with Crippen molar-refractivity contribution >= 4 is 21.6 Å². The molecule has 172 valence electrons. The third-order valence-corrected chi connectivity index (χ3v) is 7.99. The number of piperazine rings is 1. The van der Waals surface area contributed by atoms with E-state index in [0.29, 0.717) is 30.8 Å². The van der Waals surface area contributed by atoms with Crippen LogP contribution in [0.2, 0.25) is 0 Å². The molecule has 0 spiro atoms. The fraction of sp³-hybridized carbons (Fsp3) is 0.458. The van der Waals surface area contributed by atoms with Gasteiger partial charge in [0.2, 0.25) is 10.0 Å². The van der Waals surface area contributed by atoms with Gasteiger partial charge in [-0.25, -0.2) is 13.1 Å². The number of para-hydroxylation sites is 1. The highest BCUT2D eigenvalue weighted by Gasteiger charge is 2.28. The first-order valence-corrected chi connectivity index (χ1v) is 12.9. The van der Waals surface area contributed by atoms with Crippen molar-refractivity contribution in [2.45, 2.75) is 30.7 Å². The Hall–Kier alpha value is -2.42. The summed E-state index contributed by atoms with van der Waals surface area (Å²) in [4.78, 5) is 20.1. The molecule has 2 saturated heterocycles. The van der Waals surface area contributed by atoms with Gasteiger partial charge < -0.3 is 14.7 Å². The van der Waals surface area contributed by atoms with Crippen LogP contribution in [0.5, 0.6) is 0 Å². The number of nitrogens with zero attached hydrogens (tertiary/aromatic N) is 3. The Morgan fingerprint density at radius 2 is 1.53 bits per heavy atom. The topological polar surface area (TPSA) is 73.0 Å². The molecular formula is C24H32N4O3S. The van der Waals surface area contributed by atoms with Gasteiger partial charge in [0.05, 0.1) is 10.5 Å². The number of hydrogen-bond donors (Lipinski definition) is 1. The van der Waals surface area contributed by atoms with Crippen LogP contribution in [0.25, 0.3) is 0 Å². The number of likely N-dealkylation sites (N-methyl/N-ethyl adjacent to an activating group) is 1. The minimum Gasteiger partial charge on any atom is -0.371 e. The molecule has 0 atom stereocenters. The van der Waals surface area contributed by atoms with Crippen molar-refractivity contribution in [1.29, 1.82) is 0 Å². The molecule has 2 fully saturated rings. The van der Waals surface area contributed by atoms with Crippen LogP contribution in [-0.4, -0.2) is 76.0 Å². The van der Waals surface area contributed by atoms with Gasteiger partial charge in [0.25, 0.3) is 5.91 Å². The van der Waals surface area contributed by atoms with Crippen LogP contribution in [0.15, 0.2) is 59.5 Å². The van der Waals surface area contributed by atoms with E-state index in [1.807, 2.05) is 29.2 Å². The van der Waals surface area contributed by atoms with Crippen molar-refractivity contribution < 1.29 is 13.2 Å². The van der Waals surface area contributed by atoms with Crippen LogP contribution < -0.4 is 9.62 Å². The highest BCUT2D eigenvalue weighted by molar-refractivity contribution is 7.89. The van der Waals surface area contributed by atoms with Gasteiger partial charge in [-0.2, -0.15) is 0 Å². The van der Waals surface area contributed by atoms with E-state index in [-0.39, 0.29) is 11.9 Å². The highest BCUT2D eigenvalue weighted by Crippen LogP contribution is 2.26. The lowest BCUT2D eigenvalue weighted by molar-refractivity contribution is 0.0644. The smallest absolute Gasteiger partial charge is 0.256 e. The van der Waals surface area contributed by atoms with Gasteiger partial charge in [-0.05, 0) is 43.7 Å². The molecule has 0 aromatic heterocycles. The molecule has 0 unspecified atom stereocenters. The molecule has 1 N–H and O–H groups in total. The summed E-state index contributed by atoms with van der Waals surface area (Å²) in [5, 5.41) is 0. The van der Waals surface area contributed by atoms with Gasteiger partial charge in [-0.1, -0.05) is 37.3 Å². The molecular weight excluding hydrogens is 424 g/mol. The molecule has 4 rings (SSSR count). The molecule has 0 aliphatic carbocycles. The number of benzene rings is 2. The third-order valence-electron chi connectivity index (χ3n) is 6.45. The van der Waals surface area contributed by atoms with Gasteiger partial charge in [0.15, 0.2) is 0 Å². The van der Waals surface area contributed by atoms with Gasteiger partial charge in [-0.3, -0.25) is 4.79 Å². The lowest BCUT2D eigenvalue weighted by Gasteiger charge is -2.37. The normalized spacial score (nSPS) is 18.7. The monoisotopic (exact) mass is 456 g/mol. The zero-order chi connectivity index (χ0) is 22.6. The minimum absolute atomic E-state index is 0.0863. The zero-order valence-corrected chi connectivity index (χ0v) is 19.4. The summed E-state index contributed by atoms with van der Waals surface area (Å²) < 4.78 is 28.1. The first-order valence-electron chi connectivity index (χ1n) is 11.4. The molecule has 2 aromatic rings. The van der Waals surface area contributed by atoms with Crippen LogP contribution in [0.4, 0.5) is 5.69 Å². The van der Waals surface area contributed by atoms with Gasteiger partial charge in [0, 0.05) is 51.0 Å². The Kier molecular flexibility index (Phi) is 7.13. The fourth-order valence-corrected chi connectivity index (χ4v) is 5.82. The zero-order valence-electron chi connectivity index (χ0n) is 18.6. The van der Waals surface area contributed by atoms with Crippen molar-refractivity contribution in [2.75, 3.05) is 50.7 Å². The van der Waals surface area contributed by atoms with E-state index >= 15 is 0 Å². The molecule has 7 nitrogen and oxygen atoms in total. The first-order chi connectivity index (χ1) is 15.5. The highest BCUT2D eigenvalue weighted by atomic mass is 32.2. The summed E-state index contributed by atoms with van der Waals surface area (Å²) in [6.07, 6.45) is 1.40. The van der Waals surface area contributed by atoms with Crippen LogP contribution in [-0.2, 0) is 10.0 Å². The number of rotatable bonds is 6. The van der Waals surface area contributed by atoms with Gasteiger partial charge in [0.1, 0.15) is 0 Å². The van der Waals surface area contributed by atoms with Crippen molar-refractivity contribution in [3.05, 3.63) is 60.2 Å². The molecule has 0 saturated carbocycles. The minimum atomic E-state index is -3.52. The Balaban J connectivity index is 1.40. The number of sulfonamides is 1. The van der Waals surface area contributed by atoms with Crippen molar-refractivity contribution in [3.63, 3.8) is 0 Å². The van der Waals surface area contributed by atoms with E-state index < -0.39 is 10.0 Å². The fourth-order valence-electron chi connectivity index (χ4n) is 4.49. The van der Waals surface area contributed by atoms with Crippen molar-refractivity contribution in [3.8, 4) is 0 Å². The van der Waals surface area contributed by atoms with E-state index in [1.54, 1.807) is 30.3 Å². The van der Waals surface area contributed by atoms with E-state index in [0.717, 1.165) is 44.0 Å². The molecule has 0 bridgehead atoms. The Labute approximate surface area is 191 Å². The second kappa shape index (κ2) is 10.0. The molecule has 2 aliphatic rings. The predicted octanol–water partition coefficient (Wildman–Crippen LogP) is 2.41. The lowest BCUT2D eigenvalue weighted by atomic mass is 10.0. The van der Waals surface area contributed by atoms with E-state index in [4.69, 9.17) is 0 Å². The molecule has 2 heterocycles. The molecule has 8 heteroatoms. The average molecular weight is 457 g/mol. The SMILES string of the molecule is CCN1CCN(C(=O)c2ccccc2N2CCC(NS(=O)(=O)c3ccccc3)CC2)CC1. The number of anilines is 1. The summed E-state index contributed by atoms with van der Waals surface area (Å²) in [5.41, 5.74) is 1.68. The number of amides is 1. The Morgan fingerprint density at radius 3 is 2.19 bits per heavy atom. The maximum absolute atomic E-state index is 13.3. The van der Waals surface area contributed by atoms with E-state index in [2.05, 4.69) is 21.4 Å². The van der Waals surface area contributed by atoms with Gasteiger partial charge in [-0.15, -0.1) is 0 Å². The summed E-state index contributed by atoms with van der Waals surface area (Å²) in [6.45, 7) is 7.91. The van der Waals surface area contributed by atoms with Crippen LogP contribution in [0.1, 0.15) is 30.1 Å². The standard InChI is InChI=1S/C24H32N4O3S/c1-2-26-16-18-28(19-17-26)24(29)22-10-6-7-11-23(22)27-14-12-20(13-15-27)25-32(30,31)21-8-4-3-5-9-21/h3-11,20,25H,2,12-19H2,1H3. The first kappa shape index (κ1) is 22.8. The number of piperidine rings is 1. The number of carbonyl (C=O) groups excluding carboxylic acids is 1. The van der Waals surface area contributed by atoms with Gasteiger partial charge >= 0.3 is 0 Å². The maximum Gasteiger partial charge on any atom is 0.256 e. The number of carbonyl (C=O) groups is 1. The van der Waals surface area contributed by atoms with Crippen molar-refractivity contribution in [1.82, 2.24) is 14.5 Å². The summed E-state index contributed by atoms with van der Waals surface area (Å²) in [5.74, 6) is 0.0863. The molecule has 1 amide bonds. The second-order valence-electron chi connectivity index (χ2n) is 8.44. The van der Waals surface area contributed by atoms with E-state index in [9.17, 15) is 13.2 Å². The third kappa shape index (κ3) is 5.14. The quantitative estimate of drug-likeness (QED) is 0.723. The molecule has 2 aromatic carbocycles. The van der Waals surface area contributed by atoms with Crippen LogP contribution in [0, 0.1) is 0 Å². The lowest BCUT2D eigenvalue weighted by Crippen LogP contribution is -2.49. The van der Waals surface area contributed by atoms with Crippen LogP contribution >= 0.6 is 0 Å². The Bertz CT molecular complexity index is 1010. The molecule has 0 radical (unpaired) electrons. The Morgan fingerprint density at radius 1 is 0.906 bits per heavy atom. The largest absolute Gasteiger partial charge is 0.371 e. The second-order valence-corrected chi connectivity index (χ2v) is 10.2. The number of nitrogens with one attached hydrogen (secondary N) is 1. The average Bonchev–Trinajstić information content (AvgIpc) is 2.84. The summed E-state index contributed by atoms with van der Waals surface area (Å²) >= 11 is 0. The van der Waals surface area contributed by atoms with Crippen LogP contribution in [0.3, 0.4) is 0 Å². The molecule has 32 heavy (non-hydrogen) atoms. The predicted molar refractivity (Wildman–Crippen MR) is 126 cm³/mol. The van der Waals surface area contributed by atoms with Crippen molar-refractivity contribution in [2.24, 2.45) is 0 Å². The molecule has 2 aliphatic heterocycles. The maximum atomic E-state index is 13.3. The van der Waals surface area contributed by atoms with E-state index in [1.165, 1.54) is 0 Å². The summed E-state index contributed by atoms with van der Waals surface area (Å²) in [7, 11) is -3.52. The number of hydrogen-bond acceptors (Lipinski definition) is 5. The summed E-state index contributed by atoms with van der Waals surface area (Å²) in [6, 6.07) is 16.2.